The van der Waals surface area contributed by atoms with Gasteiger partial charge >= 0.3 is 0 Å². The Morgan fingerprint density at radius 3 is 2.67 bits per heavy atom. The molecule has 3 N–H and O–H groups in total. The van der Waals surface area contributed by atoms with Crippen LogP contribution in [0.5, 0.6) is 0 Å². The number of nitrogens with two attached hydrogens (primary N) is 1. The van der Waals surface area contributed by atoms with Gasteiger partial charge in [0.05, 0.1) is 5.54 Å². The Hall–Kier alpha value is -0.680. The van der Waals surface area contributed by atoms with Gasteiger partial charge in [-0.25, -0.2) is 4.98 Å². The molecule has 1 aliphatic rings. The molecule has 4 nitrogen and oxygen atoms in total. The summed E-state index contributed by atoms with van der Waals surface area (Å²) in [6.45, 7) is 4.89. The molecular formula is C10H18N4S. The van der Waals surface area contributed by atoms with E-state index in [-0.39, 0.29) is 5.54 Å². The average molecular weight is 226 g/mol. The minimum Gasteiger partial charge on any atom is -0.354 e. The Kier molecular flexibility index (Phi) is 2.93. The van der Waals surface area contributed by atoms with Gasteiger partial charge < -0.3 is 11.1 Å². The third-order valence-corrected chi connectivity index (χ3v) is 3.68. The van der Waals surface area contributed by atoms with Crippen LogP contribution in [0.4, 0.5) is 5.13 Å². The van der Waals surface area contributed by atoms with Gasteiger partial charge in [0.2, 0.25) is 5.13 Å². The lowest BCUT2D eigenvalue weighted by Crippen LogP contribution is -2.51. The van der Waals surface area contributed by atoms with E-state index < -0.39 is 0 Å². The van der Waals surface area contributed by atoms with Gasteiger partial charge in [-0.05, 0) is 19.3 Å². The van der Waals surface area contributed by atoms with Crippen LogP contribution < -0.4 is 11.1 Å². The predicted octanol–water partition coefficient (Wildman–Crippen LogP) is 1.95. The summed E-state index contributed by atoms with van der Waals surface area (Å²) < 4.78 is 4.32. The minimum absolute atomic E-state index is 0.105. The Morgan fingerprint density at radius 1 is 1.53 bits per heavy atom. The minimum atomic E-state index is 0.105. The Balaban J connectivity index is 2.04. The molecule has 0 atom stereocenters. The summed E-state index contributed by atoms with van der Waals surface area (Å²) in [5.74, 6) is 1.32. The van der Waals surface area contributed by atoms with Gasteiger partial charge in [-0.1, -0.05) is 13.8 Å². The number of aromatic nitrogens is 2. The van der Waals surface area contributed by atoms with Gasteiger partial charge in [0.1, 0.15) is 5.82 Å². The molecule has 0 radical (unpaired) electrons. The zero-order valence-corrected chi connectivity index (χ0v) is 10.1. The SMILES string of the molecule is CC(C)c1nsc(NC2(CN)CCC2)n1. The van der Waals surface area contributed by atoms with Crippen molar-refractivity contribution in [1.82, 2.24) is 9.36 Å². The highest BCUT2D eigenvalue weighted by Crippen LogP contribution is 2.35. The highest BCUT2D eigenvalue weighted by atomic mass is 32.1. The van der Waals surface area contributed by atoms with Gasteiger partial charge in [-0.15, -0.1) is 0 Å². The van der Waals surface area contributed by atoms with Crippen molar-refractivity contribution in [2.45, 2.75) is 44.6 Å². The van der Waals surface area contributed by atoms with E-state index in [1.807, 2.05) is 0 Å². The van der Waals surface area contributed by atoms with Gasteiger partial charge in [0.15, 0.2) is 0 Å². The molecule has 15 heavy (non-hydrogen) atoms. The average Bonchev–Trinajstić information content (AvgIpc) is 2.59. The summed E-state index contributed by atoms with van der Waals surface area (Å²) in [5.41, 5.74) is 5.88. The smallest absolute Gasteiger partial charge is 0.203 e. The third kappa shape index (κ3) is 2.13. The molecule has 1 aromatic rings. The molecule has 5 heteroatoms. The van der Waals surface area contributed by atoms with Crippen molar-refractivity contribution >= 4 is 16.7 Å². The van der Waals surface area contributed by atoms with E-state index in [0.29, 0.717) is 12.5 Å². The lowest BCUT2D eigenvalue weighted by Gasteiger charge is -2.41. The van der Waals surface area contributed by atoms with Crippen molar-refractivity contribution in [1.29, 1.82) is 0 Å². The van der Waals surface area contributed by atoms with Crippen LogP contribution in [0.1, 0.15) is 44.9 Å². The highest BCUT2D eigenvalue weighted by molar-refractivity contribution is 7.09. The van der Waals surface area contributed by atoms with Crippen molar-refractivity contribution in [3.05, 3.63) is 5.82 Å². The molecule has 0 aromatic carbocycles. The zero-order valence-electron chi connectivity index (χ0n) is 9.29. The van der Waals surface area contributed by atoms with E-state index in [0.717, 1.165) is 23.8 Å². The van der Waals surface area contributed by atoms with Crippen molar-refractivity contribution in [3.63, 3.8) is 0 Å². The second-order valence-electron chi connectivity index (χ2n) is 4.58. The molecule has 0 spiro atoms. The van der Waals surface area contributed by atoms with E-state index in [1.54, 1.807) is 0 Å². The van der Waals surface area contributed by atoms with Gasteiger partial charge in [0.25, 0.3) is 0 Å². The number of nitrogens with one attached hydrogen (secondary N) is 1. The highest BCUT2D eigenvalue weighted by Gasteiger charge is 2.36. The summed E-state index contributed by atoms with van der Waals surface area (Å²) in [5, 5.41) is 4.36. The number of anilines is 1. The first-order valence-corrected chi connectivity index (χ1v) is 6.24. The summed E-state index contributed by atoms with van der Waals surface area (Å²) >= 11 is 1.44. The summed E-state index contributed by atoms with van der Waals surface area (Å²) in [7, 11) is 0. The monoisotopic (exact) mass is 226 g/mol. The standard InChI is InChI=1S/C10H18N4S/c1-7(2)8-12-9(15-14-8)13-10(6-11)4-3-5-10/h7H,3-6,11H2,1-2H3,(H,12,13,14). The fourth-order valence-corrected chi connectivity index (χ4v) is 2.56. The molecular weight excluding hydrogens is 208 g/mol. The summed E-state index contributed by atoms with van der Waals surface area (Å²) in [4.78, 5) is 4.47. The first-order chi connectivity index (χ1) is 7.15. The molecule has 0 aliphatic heterocycles. The van der Waals surface area contributed by atoms with Crippen LogP contribution in [0.15, 0.2) is 0 Å². The molecule has 0 bridgehead atoms. The Labute approximate surface area is 94.5 Å². The molecule has 1 heterocycles. The predicted molar refractivity (Wildman–Crippen MR) is 63.3 cm³/mol. The molecule has 1 aliphatic carbocycles. The number of nitrogens with zero attached hydrogens (tertiary/aromatic N) is 2. The lowest BCUT2D eigenvalue weighted by atomic mass is 9.77. The van der Waals surface area contributed by atoms with Crippen LogP contribution in [0.3, 0.4) is 0 Å². The topological polar surface area (TPSA) is 63.8 Å². The van der Waals surface area contributed by atoms with Crippen molar-refractivity contribution in [2.75, 3.05) is 11.9 Å². The quantitative estimate of drug-likeness (QED) is 0.823. The number of hydrogen-bond acceptors (Lipinski definition) is 5. The van der Waals surface area contributed by atoms with Gasteiger partial charge in [-0.2, -0.15) is 4.37 Å². The number of rotatable bonds is 4. The zero-order chi connectivity index (χ0) is 10.9. The van der Waals surface area contributed by atoms with Gasteiger partial charge in [-0.3, -0.25) is 0 Å². The van der Waals surface area contributed by atoms with Crippen molar-refractivity contribution in [2.24, 2.45) is 5.73 Å². The number of hydrogen-bond donors (Lipinski definition) is 2. The van der Waals surface area contributed by atoms with E-state index >= 15 is 0 Å². The first-order valence-electron chi connectivity index (χ1n) is 5.47. The fourth-order valence-electron chi connectivity index (χ4n) is 1.73. The maximum atomic E-state index is 5.78. The summed E-state index contributed by atoms with van der Waals surface area (Å²) in [6, 6.07) is 0. The van der Waals surface area contributed by atoms with E-state index in [1.165, 1.54) is 18.0 Å². The second-order valence-corrected chi connectivity index (χ2v) is 5.33. The Morgan fingerprint density at radius 2 is 2.27 bits per heavy atom. The fraction of sp³-hybridized carbons (Fsp3) is 0.800. The van der Waals surface area contributed by atoms with Crippen LogP contribution in [0, 0.1) is 0 Å². The van der Waals surface area contributed by atoms with Gasteiger partial charge in [0, 0.05) is 24.0 Å². The molecule has 0 saturated heterocycles. The normalized spacial score (nSPS) is 18.9. The Bertz CT molecular complexity index is 324. The van der Waals surface area contributed by atoms with Crippen LogP contribution in [-0.4, -0.2) is 21.4 Å². The molecule has 1 saturated carbocycles. The van der Waals surface area contributed by atoms with Crippen molar-refractivity contribution < 1.29 is 0 Å². The largest absolute Gasteiger partial charge is 0.354 e. The maximum Gasteiger partial charge on any atom is 0.203 e. The maximum absolute atomic E-state index is 5.78. The van der Waals surface area contributed by atoms with Crippen LogP contribution in [0.25, 0.3) is 0 Å². The first kappa shape index (κ1) is 10.8. The van der Waals surface area contributed by atoms with Crippen LogP contribution in [-0.2, 0) is 0 Å². The van der Waals surface area contributed by atoms with E-state index in [4.69, 9.17) is 5.73 Å². The molecule has 84 valence electrons. The molecule has 0 unspecified atom stereocenters. The van der Waals surface area contributed by atoms with Crippen LogP contribution >= 0.6 is 11.5 Å². The molecule has 1 fully saturated rings. The molecule has 0 amide bonds. The summed E-state index contributed by atoms with van der Waals surface area (Å²) in [6.07, 6.45) is 3.57. The molecule has 1 aromatic heterocycles. The van der Waals surface area contributed by atoms with Crippen molar-refractivity contribution in [3.8, 4) is 0 Å². The van der Waals surface area contributed by atoms with E-state index in [2.05, 4.69) is 28.5 Å². The lowest BCUT2D eigenvalue weighted by molar-refractivity contribution is 0.287. The molecule has 2 rings (SSSR count). The van der Waals surface area contributed by atoms with E-state index in [9.17, 15) is 0 Å². The third-order valence-electron chi connectivity index (χ3n) is 3.03. The van der Waals surface area contributed by atoms with Crippen LogP contribution in [0.2, 0.25) is 0 Å². The second kappa shape index (κ2) is 4.06.